The van der Waals surface area contributed by atoms with Crippen LogP contribution in [-0.4, -0.2) is 30.8 Å². The highest BCUT2D eigenvalue weighted by Crippen LogP contribution is 2.35. The fourth-order valence-electron chi connectivity index (χ4n) is 2.13. The molecule has 7 heteroatoms. The SMILES string of the molecule is Brc1cnc(C2CCCCC2)s1.CC.CN.CNC(=O)OC(C)(C)C. The first kappa shape index (κ1) is 26.6. The number of carbonyl (C=O) groups excluding carboxylic acids is 1. The Bertz CT molecular complexity index is 442. The van der Waals surface area contributed by atoms with E-state index in [1.807, 2.05) is 40.8 Å². The number of nitrogens with one attached hydrogen (secondary N) is 1. The number of alkyl carbamates (subject to hydrolysis) is 1. The summed E-state index contributed by atoms with van der Waals surface area (Å²) in [4.78, 5) is 14.9. The van der Waals surface area contributed by atoms with Crippen molar-refractivity contribution >= 4 is 33.4 Å². The topological polar surface area (TPSA) is 77.2 Å². The maximum absolute atomic E-state index is 10.5. The van der Waals surface area contributed by atoms with Crippen LogP contribution in [0.15, 0.2) is 9.98 Å². The van der Waals surface area contributed by atoms with Crippen molar-refractivity contribution in [2.45, 2.75) is 78.2 Å². The van der Waals surface area contributed by atoms with Gasteiger partial charge in [-0.3, -0.25) is 0 Å². The second-order valence-electron chi connectivity index (χ2n) is 6.09. The van der Waals surface area contributed by atoms with Crippen molar-refractivity contribution < 1.29 is 9.53 Å². The summed E-state index contributed by atoms with van der Waals surface area (Å²) in [6.07, 6.45) is 8.43. The van der Waals surface area contributed by atoms with Crippen LogP contribution in [0.25, 0.3) is 0 Å². The van der Waals surface area contributed by atoms with Crippen molar-refractivity contribution in [2.24, 2.45) is 5.73 Å². The lowest BCUT2D eigenvalue weighted by molar-refractivity contribution is 0.0541. The van der Waals surface area contributed by atoms with E-state index in [2.05, 4.69) is 32.0 Å². The van der Waals surface area contributed by atoms with Crippen LogP contribution < -0.4 is 11.1 Å². The average molecular weight is 438 g/mol. The molecule has 3 N–H and O–H groups in total. The molecule has 1 aromatic heterocycles. The molecule has 0 saturated heterocycles. The van der Waals surface area contributed by atoms with Crippen molar-refractivity contribution in [1.82, 2.24) is 10.3 Å². The van der Waals surface area contributed by atoms with Gasteiger partial charge in [-0.1, -0.05) is 33.1 Å². The Morgan fingerprint density at radius 1 is 1.28 bits per heavy atom. The zero-order valence-electron chi connectivity index (χ0n) is 16.8. The fourth-order valence-corrected chi connectivity index (χ4v) is 3.55. The maximum Gasteiger partial charge on any atom is 0.407 e. The van der Waals surface area contributed by atoms with E-state index in [-0.39, 0.29) is 11.7 Å². The molecule has 25 heavy (non-hydrogen) atoms. The van der Waals surface area contributed by atoms with Crippen LogP contribution in [0, 0.1) is 0 Å². The summed E-state index contributed by atoms with van der Waals surface area (Å²) in [5, 5.41) is 3.70. The summed E-state index contributed by atoms with van der Waals surface area (Å²) in [5.74, 6) is 0.759. The molecule has 1 saturated carbocycles. The Balaban J connectivity index is 0. The van der Waals surface area contributed by atoms with Gasteiger partial charge in [0.05, 0.1) is 15.0 Å². The normalized spacial score (nSPS) is 13.8. The van der Waals surface area contributed by atoms with E-state index >= 15 is 0 Å². The molecule has 1 fully saturated rings. The molecule has 1 heterocycles. The van der Waals surface area contributed by atoms with Gasteiger partial charge in [0.15, 0.2) is 0 Å². The molecule has 0 bridgehead atoms. The van der Waals surface area contributed by atoms with E-state index in [4.69, 9.17) is 4.74 Å². The molecule has 0 aromatic carbocycles. The summed E-state index contributed by atoms with van der Waals surface area (Å²) < 4.78 is 6.01. The zero-order chi connectivity index (χ0) is 19.9. The smallest absolute Gasteiger partial charge is 0.407 e. The minimum absolute atomic E-state index is 0.387. The van der Waals surface area contributed by atoms with E-state index in [0.717, 1.165) is 5.92 Å². The number of ether oxygens (including phenoxy) is 1. The molecule has 1 amide bonds. The Morgan fingerprint density at radius 2 is 1.80 bits per heavy atom. The molecule has 0 unspecified atom stereocenters. The molecule has 0 aliphatic heterocycles. The van der Waals surface area contributed by atoms with Gasteiger partial charge < -0.3 is 15.8 Å². The van der Waals surface area contributed by atoms with Crippen LogP contribution in [0.1, 0.15) is 77.6 Å². The molecule has 5 nitrogen and oxygen atoms in total. The van der Waals surface area contributed by atoms with Gasteiger partial charge in [0.1, 0.15) is 5.60 Å². The first-order chi connectivity index (χ1) is 11.8. The molecule has 1 aromatic rings. The Hall–Kier alpha value is -0.660. The van der Waals surface area contributed by atoms with Gasteiger partial charge >= 0.3 is 6.09 Å². The van der Waals surface area contributed by atoms with Gasteiger partial charge in [-0.2, -0.15) is 0 Å². The molecule has 2 rings (SSSR count). The highest BCUT2D eigenvalue weighted by molar-refractivity contribution is 9.11. The lowest BCUT2D eigenvalue weighted by Gasteiger charge is -2.18. The summed E-state index contributed by atoms with van der Waals surface area (Å²) in [5.41, 5.74) is 4.11. The van der Waals surface area contributed by atoms with E-state index in [1.54, 1.807) is 11.3 Å². The predicted molar refractivity (Wildman–Crippen MR) is 112 cm³/mol. The minimum atomic E-state index is -0.389. The number of nitrogens with two attached hydrogens (primary N) is 1. The van der Waals surface area contributed by atoms with Gasteiger partial charge in [-0.25, -0.2) is 9.78 Å². The van der Waals surface area contributed by atoms with Crippen LogP contribution in [0.5, 0.6) is 0 Å². The summed E-state index contributed by atoms with van der Waals surface area (Å²) in [6, 6.07) is 0. The third-order valence-electron chi connectivity index (χ3n) is 3.05. The fraction of sp³-hybridized carbons (Fsp3) is 0.778. The molecule has 148 valence electrons. The van der Waals surface area contributed by atoms with Crippen molar-refractivity contribution in [3.05, 3.63) is 15.0 Å². The second kappa shape index (κ2) is 15.6. The number of carbonyl (C=O) groups is 1. The number of hydrogen-bond acceptors (Lipinski definition) is 5. The number of hydrogen-bond donors (Lipinski definition) is 2. The predicted octanol–water partition coefficient (Wildman–Crippen LogP) is 5.70. The molecular weight excluding hydrogens is 402 g/mol. The molecule has 1 aliphatic carbocycles. The number of nitrogens with zero attached hydrogens (tertiary/aromatic N) is 1. The molecule has 0 radical (unpaired) electrons. The highest BCUT2D eigenvalue weighted by Gasteiger charge is 2.18. The molecule has 0 spiro atoms. The number of aromatic nitrogens is 1. The van der Waals surface area contributed by atoms with Gasteiger partial charge in [0, 0.05) is 13.0 Å². The van der Waals surface area contributed by atoms with E-state index in [0.29, 0.717) is 0 Å². The van der Waals surface area contributed by atoms with Crippen molar-refractivity contribution in [1.29, 1.82) is 0 Å². The molecule has 0 atom stereocenters. The number of amides is 1. The maximum atomic E-state index is 10.5. The Labute approximate surface area is 166 Å². The Kier molecular flexibility index (Phi) is 16.6. The third kappa shape index (κ3) is 14.2. The van der Waals surface area contributed by atoms with Gasteiger partial charge in [0.2, 0.25) is 0 Å². The monoisotopic (exact) mass is 437 g/mol. The van der Waals surface area contributed by atoms with Gasteiger partial charge in [-0.15, -0.1) is 11.3 Å². The lowest BCUT2D eigenvalue weighted by atomic mass is 9.90. The second-order valence-corrected chi connectivity index (χ2v) is 8.53. The van der Waals surface area contributed by atoms with Gasteiger partial charge in [-0.05, 0) is 56.6 Å². The first-order valence-electron chi connectivity index (χ1n) is 8.91. The quantitative estimate of drug-likeness (QED) is 0.590. The number of halogens is 1. The summed E-state index contributed by atoms with van der Waals surface area (Å²) >= 11 is 5.25. The zero-order valence-corrected chi connectivity index (χ0v) is 19.2. The van der Waals surface area contributed by atoms with Crippen molar-refractivity contribution in [3.63, 3.8) is 0 Å². The van der Waals surface area contributed by atoms with Gasteiger partial charge in [0.25, 0.3) is 0 Å². The van der Waals surface area contributed by atoms with Crippen LogP contribution in [0.2, 0.25) is 0 Å². The molecular formula is C18H36BrN3O2S. The van der Waals surface area contributed by atoms with Crippen LogP contribution in [0.3, 0.4) is 0 Å². The average Bonchev–Trinajstić information content (AvgIpc) is 3.05. The van der Waals surface area contributed by atoms with Crippen molar-refractivity contribution in [3.8, 4) is 0 Å². The number of thiazole rings is 1. The standard InChI is InChI=1S/C9H12BrNS.C6H13NO2.C2H6.CH5N/c10-8-6-11-9(12-8)7-4-2-1-3-5-7;1-6(2,3)9-5(8)7-4;2*1-2/h6-7H,1-5H2;1-4H3,(H,7,8);1-2H3;2H2,1H3. The first-order valence-corrected chi connectivity index (χ1v) is 10.5. The minimum Gasteiger partial charge on any atom is -0.444 e. The molecule has 1 aliphatic rings. The lowest BCUT2D eigenvalue weighted by Crippen LogP contribution is -2.30. The largest absolute Gasteiger partial charge is 0.444 e. The van der Waals surface area contributed by atoms with Crippen molar-refractivity contribution in [2.75, 3.05) is 14.1 Å². The van der Waals surface area contributed by atoms with E-state index < -0.39 is 0 Å². The summed E-state index contributed by atoms with van der Waals surface area (Å²) in [6.45, 7) is 9.47. The van der Waals surface area contributed by atoms with E-state index in [9.17, 15) is 4.79 Å². The Morgan fingerprint density at radius 3 is 2.12 bits per heavy atom. The van der Waals surface area contributed by atoms with Crippen LogP contribution >= 0.6 is 27.3 Å². The van der Waals surface area contributed by atoms with Crippen LogP contribution in [-0.2, 0) is 4.74 Å². The van der Waals surface area contributed by atoms with E-state index in [1.165, 1.54) is 55.0 Å². The third-order valence-corrected chi connectivity index (χ3v) is 4.69. The number of rotatable bonds is 1. The summed E-state index contributed by atoms with van der Waals surface area (Å²) in [7, 11) is 3.04. The highest BCUT2D eigenvalue weighted by atomic mass is 79.9. The van der Waals surface area contributed by atoms with Crippen LogP contribution in [0.4, 0.5) is 4.79 Å².